The molecule has 2 unspecified atom stereocenters. The summed E-state index contributed by atoms with van der Waals surface area (Å²) >= 11 is 0. The first-order chi connectivity index (χ1) is 30.7. The molecule has 358 valence electrons. The van der Waals surface area contributed by atoms with Crippen molar-refractivity contribution in [1.29, 1.82) is 0 Å². The van der Waals surface area contributed by atoms with Gasteiger partial charge in [-0.1, -0.05) is 17.2 Å². The van der Waals surface area contributed by atoms with Crippen LogP contribution in [-0.4, -0.2) is 140 Å². The zero-order valence-corrected chi connectivity index (χ0v) is 35.0. The maximum atomic E-state index is 13.1. The molecule has 0 spiro atoms. The quantitative estimate of drug-likeness (QED) is 0.0202. The standard InChI is InChI=1S/C38H54N10O17/c39-48-47-23-9-7-21(8-10-23)32(55)42-22(11-15-28(49)40-19-3-1-5-24(33(56)57)43-37(64)45-26(35(60)61)13-17-30(51)52)12-16-29(50)41-20-4-2-6-25(34(58)59)44-38(65)46-27(36(62)63)14-18-31(53)54/h7-10,22,24-27H,1-6,11-20H2,(H,40,49)(H,41,50)(H,42,55)(H,51,52)(H,53,54)(H,56,57)(H,58,59)(H,60,61)(H,62,63)(H2,43,45,64)(H2,44,46,65)/t22?,24-,25-,26?,27?/m0/s1. The molecule has 1 rings (SSSR count). The summed E-state index contributed by atoms with van der Waals surface area (Å²) in [5, 5.41) is 74.8. The molecule has 1 aromatic rings. The van der Waals surface area contributed by atoms with E-state index >= 15 is 0 Å². The fourth-order valence-electron chi connectivity index (χ4n) is 5.76. The van der Waals surface area contributed by atoms with Gasteiger partial charge in [0, 0.05) is 61.0 Å². The number of benzene rings is 1. The van der Waals surface area contributed by atoms with E-state index < -0.39 is 121 Å². The highest BCUT2D eigenvalue weighted by Crippen LogP contribution is 2.15. The van der Waals surface area contributed by atoms with E-state index in [0.717, 1.165) is 0 Å². The highest BCUT2D eigenvalue weighted by atomic mass is 16.4. The molecule has 0 aromatic heterocycles. The molecule has 7 amide bonds. The minimum Gasteiger partial charge on any atom is -0.481 e. The predicted molar refractivity (Wildman–Crippen MR) is 221 cm³/mol. The van der Waals surface area contributed by atoms with Gasteiger partial charge in [-0.25, -0.2) is 28.8 Å². The summed E-state index contributed by atoms with van der Waals surface area (Å²) in [6.45, 7) is 0.196. The van der Waals surface area contributed by atoms with Crippen LogP contribution < -0.4 is 37.2 Å². The Labute approximate surface area is 370 Å². The van der Waals surface area contributed by atoms with Crippen molar-refractivity contribution >= 4 is 71.3 Å². The average molecular weight is 923 g/mol. The second-order valence-corrected chi connectivity index (χ2v) is 14.3. The van der Waals surface area contributed by atoms with Gasteiger partial charge in [0.15, 0.2) is 0 Å². The number of unbranched alkanes of at least 4 members (excludes halogenated alkanes) is 2. The number of urea groups is 2. The van der Waals surface area contributed by atoms with Gasteiger partial charge in [0.05, 0.1) is 0 Å². The molecule has 0 fully saturated rings. The van der Waals surface area contributed by atoms with Crippen molar-refractivity contribution in [2.75, 3.05) is 13.1 Å². The van der Waals surface area contributed by atoms with Crippen LogP contribution in [0.1, 0.15) is 100 Å². The highest BCUT2D eigenvalue weighted by molar-refractivity contribution is 5.95. The van der Waals surface area contributed by atoms with Gasteiger partial charge in [0.2, 0.25) is 11.8 Å². The molecule has 13 N–H and O–H groups in total. The van der Waals surface area contributed by atoms with Gasteiger partial charge in [-0.15, -0.1) is 0 Å². The molecule has 0 saturated heterocycles. The Hall–Kier alpha value is -7.70. The summed E-state index contributed by atoms with van der Waals surface area (Å²) in [4.78, 5) is 133. The molecule has 0 aliphatic carbocycles. The molecule has 4 atom stereocenters. The van der Waals surface area contributed by atoms with Crippen molar-refractivity contribution in [2.45, 2.75) is 120 Å². The number of azide groups is 1. The largest absolute Gasteiger partial charge is 0.481 e. The van der Waals surface area contributed by atoms with Crippen LogP contribution in [0.4, 0.5) is 15.3 Å². The number of amides is 7. The van der Waals surface area contributed by atoms with Crippen molar-refractivity contribution in [3.63, 3.8) is 0 Å². The van der Waals surface area contributed by atoms with Gasteiger partial charge in [0.1, 0.15) is 24.2 Å². The Balaban J connectivity index is 2.70. The Bertz CT molecular complexity index is 1800. The van der Waals surface area contributed by atoms with Gasteiger partial charge >= 0.3 is 47.9 Å². The number of nitrogens with zero attached hydrogens (tertiary/aromatic N) is 3. The molecule has 27 nitrogen and oxygen atoms in total. The van der Waals surface area contributed by atoms with Crippen LogP contribution in [0.3, 0.4) is 0 Å². The number of carbonyl (C=O) groups is 11. The Morgan fingerprint density at radius 2 is 0.862 bits per heavy atom. The molecule has 0 bridgehead atoms. The zero-order chi connectivity index (χ0) is 48.9. The number of carbonyl (C=O) groups excluding carboxylic acids is 5. The molecule has 0 aliphatic heterocycles. The van der Waals surface area contributed by atoms with E-state index in [1.807, 2.05) is 10.6 Å². The number of carboxylic acids is 6. The maximum absolute atomic E-state index is 13.1. The van der Waals surface area contributed by atoms with Gasteiger partial charge in [-0.05, 0) is 81.9 Å². The maximum Gasteiger partial charge on any atom is 0.326 e. The van der Waals surface area contributed by atoms with Crippen LogP contribution in [0.25, 0.3) is 10.4 Å². The van der Waals surface area contributed by atoms with Crippen LogP contribution >= 0.6 is 0 Å². The SMILES string of the molecule is [N-]=[N+]=Nc1ccc(C(=O)NC(CCC(=O)NCCCC[C@H](NC(=O)NC(CCC(=O)O)C(=O)O)C(=O)O)CCC(=O)NCCCC[C@H](NC(=O)NC(CCC(=O)O)C(=O)O)C(=O)O)cc1. The third-order valence-electron chi connectivity index (χ3n) is 9.26. The van der Waals surface area contributed by atoms with Gasteiger partial charge in [0.25, 0.3) is 5.91 Å². The Morgan fingerprint density at radius 1 is 0.492 bits per heavy atom. The third kappa shape index (κ3) is 25.1. The smallest absolute Gasteiger partial charge is 0.326 e. The normalized spacial score (nSPS) is 12.8. The van der Waals surface area contributed by atoms with E-state index in [4.69, 9.17) is 15.7 Å². The number of hydrogen-bond donors (Lipinski definition) is 13. The summed E-state index contributed by atoms with van der Waals surface area (Å²) < 4.78 is 0. The van der Waals surface area contributed by atoms with E-state index in [2.05, 4.69) is 36.6 Å². The molecule has 0 radical (unpaired) electrons. The minimum absolute atomic E-state index is 0.0789. The van der Waals surface area contributed by atoms with Gasteiger partial charge < -0.3 is 67.9 Å². The summed E-state index contributed by atoms with van der Waals surface area (Å²) in [5.74, 6) is -9.84. The van der Waals surface area contributed by atoms with E-state index in [-0.39, 0.29) is 88.5 Å². The first-order valence-corrected chi connectivity index (χ1v) is 20.2. The third-order valence-corrected chi connectivity index (χ3v) is 9.26. The van der Waals surface area contributed by atoms with Crippen molar-refractivity contribution in [3.8, 4) is 0 Å². The molecule has 65 heavy (non-hydrogen) atoms. The predicted octanol–water partition coefficient (Wildman–Crippen LogP) is 1.00. The van der Waals surface area contributed by atoms with Crippen LogP contribution in [0.2, 0.25) is 0 Å². The van der Waals surface area contributed by atoms with E-state index in [1.54, 1.807) is 0 Å². The summed E-state index contributed by atoms with van der Waals surface area (Å²) in [6, 6.07) is -3.29. The van der Waals surface area contributed by atoms with E-state index in [0.29, 0.717) is 0 Å². The summed E-state index contributed by atoms with van der Waals surface area (Å²) in [5.41, 5.74) is 9.09. The van der Waals surface area contributed by atoms with Crippen molar-refractivity contribution in [2.24, 2.45) is 5.11 Å². The lowest BCUT2D eigenvalue weighted by molar-refractivity contribution is -0.142. The molecule has 0 saturated carbocycles. The number of carboxylic acid groups (broad SMARTS) is 6. The average Bonchev–Trinajstić information content (AvgIpc) is 3.23. The lowest BCUT2D eigenvalue weighted by atomic mass is 10.0. The first kappa shape index (κ1) is 55.3. The molecule has 0 aliphatic rings. The topological polar surface area (TPSA) is 442 Å². The highest BCUT2D eigenvalue weighted by Gasteiger charge is 2.26. The fraction of sp³-hybridized carbons (Fsp3) is 0.553. The summed E-state index contributed by atoms with van der Waals surface area (Å²) in [7, 11) is 0. The van der Waals surface area contributed by atoms with Crippen LogP contribution in [0, 0.1) is 0 Å². The lowest BCUT2D eigenvalue weighted by Crippen LogP contribution is -2.51. The monoisotopic (exact) mass is 922 g/mol. The fourth-order valence-corrected chi connectivity index (χ4v) is 5.76. The van der Waals surface area contributed by atoms with E-state index in [1.165, 1.54) is 24.3 Å². The van der Waals surface area contributed by atoms with E-state index in [9.17, 15) is 73.2 Å². The van der Waals surface area contributed by atoms with Gasteiger partial charge in [-0.2, -0.15) is 0 Å². The first-order valence-electron chi connectivity index (χ1n) is 20.2. The van der Waals surface area contributed by atoms with Crippen molar-refractivity contribution in [3.05, 3.63) is 40.3 Å². The summed E-state index contributed by atoms with van der Waals surface area (Å²) in [6.07, 6.45) is -1.27. The molecular weight excluding hydrogens is 868 g/mol. The number of rotatable bonds is 33. The van der Waals surface area contributed by atoms with Crippen LogP contribution in [-0.2, 0) is 38.4 Å². The second-order valence-electron chi connectivity index (χ2n) is 14.3. The van der Waals surface area contributed by atoms with Gasteiger partial charge in [-0.3, -0.25) is 24.0 Å². The molecule has 0 heterocycles. The molecular formula is C38H54N10O17. The lowest BCUT2D eigenvalue weighted by Gasteiger charge is -2.19. The number of aliphatic carboxylic acids is 6. The minimum atomic E-state index is -1.57. The zero-order valence-electron chi connectivity index (χ0n) is 35.0. The van der Waals surface area contributed by atoms with Crippen LogP contribution in [0.15, 0.2) is 29.4 Å². The Kier molecular flexibility index (Phi) is 25.8. The van der Waals surface area contributed by atoms with Crippen LogP contribution in [0.5, 0.6) is 0 Å². The number of nitrogens with one attached hydrogen (secondary N) is 7. The molecule has 27 heteroatoms. The molecule has 1 aromatic carbocycles. The van der Waals surface area contributed by atoms with Crippen molar-refractivity contribution in [1.82, 2.24) is 37.2 Å². The van der Waals surface area contributed by atoms with Crippen molar-refractivity contribution < 1.29 is 83.4 Å². The number of hydrogen-bond acceptors (Lipinski definition) is 12. The Morgan fingerprint density at radius 3 is 1.20 bits per heavy atom. The second kappa shape index (κ2) is 30.4.